The van der Waals surface area contributed by atoms with Gasteiger partial charge in [0.05, 0.1) is 31.1 Å². The SMILES string of the molecule is Cc1ccc(S(=O)(=O)N2CC[NH+]([C@@H](C)C(=O)N(C)Cc3ccccc3)CC2)cc1. The van der Waals surface area contributed by atoms with Crippen LogP contribution < -0.4 is 4.90 Å². The molecule has 6 nitrogen and oxygen atoms in total. The Kier molecular flexibility index (Phi) is 6.72. The Morgan fingerprint density at radius 1 is 1.07 bits per heavy atom. The van der Waals surface area contributed by atoms with Crippen molar-refractivity contribution in [2.24, 2.45) is 0 Å². The second kappa shape index (κ2) is 9.07. The molecule has 0 aliphatic carbocycles. The molecule has 1 heterocycles. The lowest BCUT2D eigenvalue weighted by Gasteiger charge is -2.35. The van der Waals surface area contributed by atoms with Gasteiger partial charge in [0.15, 0.2) is 6.04 Å². The summed E-state index contributed by atoms with van der Waals surface area (Å²) in [7, 11) is -1.66. The smallest absolute Gasteiger partial charge is 0.280 e. The minimum Gasteiger partial charge on any atom is -0.336 e. The quantitative estimate of drug-likeness (QED) is 0.762. The van der Waals surface area contributed by atoms with Crippen molar-refractivity contribution in [3.63, 3.8) is 0 Å². The first-order chi connectivity index (χ1) is 13.8. The number of piperazine rings is 1. The lowest BCUT2D eigenvalue weighted by Crippen LogP contribution is -3.19. The van der Waals surface area contributed by atoms with E-state index in [9.17, 15) is 13.2 Å². The van der Waals surface area contributed by atoms with Gasteiger partial charge in [0.25, 0.3) is 5.91 Å². The Bertz CT molecular complexity index is 922. The molecule has 1 fully saturated rings. The van der Waals surface area contributed by atoms with Gasteiger partial charge in [-0.3, -0.25) is 4.79 Å². The van der Waals surface area contributed by atoms with Gasteiger partial charge in [-0.15, -0.1) is 0 Å². The average Bonchev–Trinajstić information content (AvgIpc) is 2.73. The minimum atomic E-state index is -3.48. The molecule has 0 unspecified atom stereocenters. The summed E-state index contributed by atoms with van der Waals surface area (Å²) in [4.78, 5) is 16.1. The molecule has 1 amide bonds. The number of rotatable bonds is 6. The summed E-state index contributed by atoms with van der Waals surface area (Å²) in [5.74, 6) is 0.0821. The third kappa shape index (κ3) is 5.04. The van der Waals surface area contributed by atoms with Gasteiger partial charge >= 0.3 is 0 Å². The van der Waals surface area contributed by atoms with Crippen LogP contribution in [0.1, 0.15) is 18.1 Å². The van der Waals surface area contributed by atoms with Gasteiger partial charge in [-0.05, 0) is 31.5 Å². The lowest BCUT2D eigenvalue weighted by molar-refractivity contribution is -0.918. The molecule has 0 radical (unpaired) electrons. The average molecular weight is 417 g/mol. The van der Waals surface area contributed by atoms with Crippen LogP contribution >= 0.6 is 0 Å². The Morgan fingerprint density at radius 2 is 1.66 bits per heavy atom. The Morgan fingerprint density at radius 3 is 2.24 bits per heavy atom. The van der Waals surface area contributed by atoms with Crippen molar-refractivity contribution in [2.45, 2.75) is 31.3 Å². The van der Waals surface area contributed by atoms with Crippen molar-refractivity contribution in [3.8, 4) is 0 Å². The van der Waals surface area contributed by atoms with E-state index in [0.717, 1.165) is 16.0 Å². The molecule has 0 saturated carbocycles. The molecule has 156 valence electrons. The van der Waals surface area contributed by atoms with E-state index in [0.29, 0.717) is 37.6 Å². The summed E-state index contributed by atoms with van der Waals surface area (Å²) in [5.41, 5.74) is 2.13. The fourth-order valence-corrected chi connectivity index (χ4v) is 5.19. The maximum absolute atomic E-state index is 12.9. The zero-order valence-corrected chi connectivity index (χ0v) is 18.2. The highest BCUT2D eigenvalue weighted by atomic mass is 32.2. The van der Waals surface area contributed by atoms with Crippen LogP contribution in [0.3, 0.4) is 0 Å². The standard InChI is InChI=1S/C22H29N3O3S/c1-18-9-11-21(12-10-18)29(27,28)25-15-13-24(14-16-25)19(2)22(26)23(3)17-20-7-5-4-6-8-20/h4-12,19H,13-17H2,1-3H3/p+1/t19-/m0/s1. The number of amides is 1. The summed E-state index contributed by atoms with van der Waals surface area (Å²) in [6, 6.07) is 16.7. The molecule has 1 aliphatic rings. The Balaban J connectivity index is 1.58. The molecular formula is C22H30N3O3S+. The molecule has 0 aromatic heterocycles. The number of hydrogen-bond acceptors (Lipinski definition) is 3. The predicted octanol–water partition coefficient (Wildman–Crippen LogP) is 0.931. The van der Waals surface area contributed by atoms with Crippen LogP contribution in [-0.4, -0.2) is 62.8 Å². The summed E-state index contributed by atoms with van der Waals surface area (Å²) in [5, 5.41) is 0. The van der Waals surface area contributed by atoms with E-state index in [-0.39, 0.29) is 11.9 Å². The normalized spacial score (nSPS) is 17.1. The largest absolute Gasteiger partial charge is 0.336 e. The van der Waals surface area contributed by atoms with Gasteiger partial charge in [0.1, 0.15) is 0 Å². The Labute approximate surface area is 173 Å². The molecule has 29 heavy (non-hydrogen) atoms. The van der Waals surface area contributed by atoms with E-state index < -0.39 is 10.0 Å². The minimum absolute atomic E-state index is 0.0821. The summed E-state index contributed by atoms with van der Waals surface area (Å²) < 4.78 is 27.3. The number of aryl methyl sites for hydroxylation is 1. The molecule has 7 heteroatoms. The Hall–Kier alpha value is -2.22. The number of hydrogen-bond donors (Lipinski definition) is 1. The predicted molar refractivity (Wildman–Crippen MR) is 113 cm³/mol. The maximum Gasteiger partial charge on any atom is 0.280 e. The fraction of sp³-hybridized carbons (Fsp3) is 0.409. The molecule has 1 aliphatic heterocycles. The number of benzene rings is 2. The molecule has 2 aromatic rings. The summed E-state index contributed by atoms with van der Waals surface area (Å²) in [6.45, 7) is 6.53. The van der Waals surface area contributed by atoms with Gasteiger partial charge in [-0.1, -0.05) is 48.0 Å². The van der Waals surface area contributed by atoms with E-state index in [4.69, 9.17) is 0 Å². The van der Waals surface area contributed by atoms with Crippen LogP contribution in [0.4, 0.5) is 0 Å². The third-order valence-electron chi connectivity index (χ3n) is 5.64. The first-order valence-corrected chi connectivity index (χ1v) is 11.4. The zero-order chi connectivity index (χ0) is 21.0. The van der Waals surface area contributed by atoms with Crippen molar-refractivity contribution in [1.82, 2.24) is 9.21 Å². The highest BCUT2D eigenvalue weighted by molar-refractivity contribution is 7.89. The van der Waals surface area contributed by atoms with Crippen LogP contribution in [0.5, 0.6) is 0 Å². The molecule has 0 spiro atoms. The van der Waals surface area contributed by atoms with Crippen LogP contribution in [0.25, 0.3) is 0 Å². The van der Waals surface area contributed by atoms with Crippen molar-refractivity contribution >= 4 is 15.9 Å². The lowest BCUT2D eigenvalue weighted by atomic mass is 10.2. The fourth-order valence-electron chi connectivity index (χ4n) is 3.75. The monoisotopic (exact) mass is 416 g/mol. The van der Waals surface area contributed by atoms with Gasteiger partial charge in [-0.2, -0.15) is 4.31 Å². The molecule has 1 atom stereocenters. The van der Waals surface area contributed by atoms with E-state index in [1.165, 1.54) is 4.31 Å². The summed E-state index contributed by atoms with van der Waals surface area (Å²) >= 11 is 0. The van der Waals surface area contributed by atoms with Crippen LogP contribution in [-0.2, 0) is 21.4 Å². The van der Waals surface area contributed by atoms with E-state index >= 15 is 0 Å². The van der Waals surface area contributed by atoms with Crippen LogP contribution in [0.2, 0.25) is 0 Å². The first kappa shape index (κ1) is 21.5. The molecule has 3 rings (SSSR count). The van der Waals surface area contributed by atoms with E-state index in [1.54, 1.807) is 17.0 Å². The van der Waals surface area contributed by atoms with E-state index in [1.807, 2.05) is 63.4 Å². The van der Waals surface area contributed by atoms with Crippen LogP contribution in [0, 0.1) is 6.92 Å². The zero-order valence-electron chi connectivity index (χ0n) is 17.3. The number of nitrogens with zero attached hydrogens (tertiary/aromatic N) is 2. The number of sulfonamides is 1. The van der Waals surface area contributed by atoms with Crippen LogP contribution in [0.15, 0.2) is 59.5 Å². The summed E-state index contributed by atoms with van der Waals surface area (Å²) in [6.07, 6.45) is 0. The van der Waals surface area contributed by atoms with Crippen molar-refractivity contribution < 1.29 is 18.1 Å². The topological polar surface area (TPSA) is 62.1 Å². The van der Waals surface area contributed by atoms with Crippen molar-refractivity contribution in [3.05, 3.63) is 65.7 Å². The second-order valence-electron chi connectivity index (χ2n) is 7.78. The number of nitrogens with one attached hydrogen (secondary N) is 1. The maximum atomic E-state index is 12.9. The number of likely N-dealkylation sites (N-methyl/N-ethyl adjacent to an activating group) is 1. The molecular weight excluding hydrogens is 386 g/mol. The molecule has 0 bridgehead atoms. The van der Waals surface area contributed by atoms with Crippen molar-refractivity contribution in [1.29, 1.82) is 0 Å². The molecule has 1 N–H and O–H groups in total. The highest BCUT2D eigenvalue weighted by Crippen LogP contribution is 2.16. The van der Waals surface area contributed by atoms with Gasteiger partial charge < -0.3 is 9.80 Å². The first-order valence-electron chi connectivity index (χ1n) is 9.99. The van der Waals surface area contributed by atoms with Gasteiger partial charge in [-0.25, -0.2) is 8.42 Å². The van der Waals surface area contributed by atoms with E-state index in [2.05, 4.69) is 0 Å². The number of carbonyl (C=O) groups is 1. The highest BCUT2D eigenvalue weighted by Gasteiger charge is 2.35. The van der Waals surface area contributed by atoms with Gasteiger partial charge in [0.2, 0.25) is 10.0 Å². The molecule has 1 saturated heterocycles. The third-order valence-corrected chi connectivity index (χ3v) is 7.56. The molecule has 2 aromatic carbocycles. The van der Waals surface area contributed by atoms with Crippen molar-refractivity contribution in [2.75, 3.05) is 33.2 Å². The second-order valence-corrected chi connectivity index (χ2v) is 9.71. The number of quaternary nitrogens is 1. The number of carbonyl (C=O) groups excluding carboxylic acids is 1. The van der Waals surface area contributed by atoms with Gasteiger partial charge in [0, 0.05) is 13.6 Å².